The second kappa shape index (κ2) is 7.90. The van der Waals surface area contributed by atoms with Gasteiger partial charge in [-0.3, -0.25) is 9.59 Å². The molecule has 0 aromatic heterocycles. The summed E-state index contributed by atoms with van der Waals surface area (Å²) < 4.78 is 0.977. The van der Waals surface area contributed by atoms with Crippen LogP contribution in [0.4, 0.5) is 0 Å². The zero-order valence-corrected chi connectivity index (χ0v) is 14.0. The van der Waals surface area contributed by atoms with Crippen molar-refractivity contribution in [3.63, 3.8) is 0 Å². The molecule has 0 spiro atoms. The molecule has 2 rings (SSSR count). The Morgan fingerprint density at radius 1 is 1.05 bits per heavy atom. The van der Waals surface area contributed by atoms with Gasteiger partial charge in [0.15, 0.2) is 5.78 Å². The largest absolute Gasteiger partial charge is 0.350 e. The number of halogens is 1. The molecule has 1 atom stereocenters. The Morgan fingerprint density at radius 3 is 2.45 bits per heavy atom. The van der Waals surface area contributed by atoms with Gasteiger partial charge < -0.3 is 5.32 Å². The highest BCUT2D eigenvalue weighted by molar-refractivity contribution is 9.10. The normalized spacial score (nSPS) is 11.7. The summed E-state index contributed by atoms with van der Waals surface area (Å²) in [5.41, 5.74) is 1.67. The molecule has 4 heteroatoms. The number of hydrogen-bond acceptors (Lipinski definition) is 2. The molecule has 0 heterocycles. The molecule has 1 amide bonds. The van der Waals surface area contributed by atoms with Crippen LogP contribution in [0, 0.1) is 0 Å². The Labute approximate surface area is 138 Å². The summed E-state index contributed by atoms with van der Waals surface area (Å²) in [6.45, 7) is 1.93. The van der Waals surface area contributed by atoms with Crippen LogP contribution in [0.5, 0.6) is 0 Å². The average Bonchev–Trinajstić information content (AvgIpc) is 2.53. The van der Waals surface area contributed by atoms with Crippen molar-refractivity contribution in [2.24, 2.45) is 0 Å². The van der Waals surface area contributed by atoms with Crippen molar-refractivity contribution in [1.82, 2.24) is 5.32 Å². The highest BCUT2D eigenvalue weighted by Crippen LogP contribution is 2.18. The maximum absolute atomic E-state index is 12.0. The standard InChI is InChI=1S/C18H18BrNO2/c1-13(15-8-5-9-16(19)12-15)20-18(22)11-10-17(21)14-6-3-2-4-7-14/h2-9,12-13H,10-11H2,1H3,(H,20,22). The lowest BCUT2D eigenvalue weighted by atomic mass is 10.1. The van der Waals surface area contributed by atoms with Gasteiger partial charge >= 0.3 is 0 Å². The van der Waals surface area contributed by atoms with Gasteiger partial charge in [-0.1, -0.05) is 58.4 Å². The number of ketones is 1. The third-order valence-corrected chi connectivity index (χ3v) is 3.89. The Hall–Kier alpha value is -1.94. The van der Waals surface area contributed by atoms with Crippen molar-refractivity contribution in [2.45, 2.75) is 25.8 Å². The molecule has 2 aromatic rings. The minimum atomic E-state index is -0.114. The SMILES string of the molecule is CC(NC(=O)CCC(=O)c1ccccc1)c1cccc(Br)c1. The maximum atomic E-state index is 12.0. The topological polar surface area (TPSA) is 46.2 Å². The number of rotatable bonds is 6. The van der Waals surface area contributed by atoms with E-state index in [2.05, 4.69) is 21.2 Å². The Kier molecular flexibility index (Phi) is 5.90. The third-order valence-electron chi connectivity index (χ3n) is 3.40. The van der Waals surface area contributed by atoms with E-state index in [1.165, 1.54) is 0 Å². The van der Waals surface area contributed by atoms with Gasteiger partial charge in [-0.15, -0.1) is 0 Å². The number of hydrogen-bond donors (Lipinski definition) is 1. The molecule has 0 saturated carbocycles. The van der Waals surface area contributed by atoms with Crippen LogP contribution in [0.3, 0.4) is 0 Å². The summed E-state index contributed by atoms with van der Waals surface area (Å²) in [5, 5.41) is 2.92. The monoisotopic (exact) mass is 359 g/mol. The van der Waals surface area contributed by atoms with Crippen LogP contribution >= 0.6 is 15.9 Å². The second-order valence-corrected chi connectivity index (χ2v) is 6.05. The molecule has 22 heavy (non-hydrogen) atoms. The van der Waals surface area contributed by atoms with E-state index in [4.69, 9.17) is 0 Å². The zero-order valence-electron chi connectivity index (χ0n) is 12.4. The summed E-state index contributed by atoms with van der Waals surface area (Å²) in [7, 11) is 0. The summed E-state index contributed by atoms with van der Waals surface area (Å²) >= 11 is 3.41. The highest BCUT2D eigenvalue weighted by atomic mass is 79.9. The Balaban J connectivity index is 1.84. The quantitative estimate of drug-likeness (QED) is 0.782. The number of benzene rings is 2. The van der Waals surface area contributed by atoms with Crippen LogP contribution in [0.15, 0.2) is 59.1 Å². The van der Waals surface area contributed by atoms with Gasteiger partial charge in [0.25, 0.3) is 0 Å². The molecule has 114 valence electrons. The highest BCUT2D eigenvalue weighted by Gasteiger charge is 2.12. The van der Waals surface area contributed by atoms with Crippen LogP contribution in [-0.4, -0.2) is 11.7 Å². The number of amides is 1. The first kappa shape index (κ1) is 16.4. The molecule has 0 aliphatic rings. The van der Waals surface area contributed by atoms with Crippen LogP contribution in [-0.2, 0) is 4.79 Å². The Morgan fingerprint density at radius 2 is 1.77 bits per heavy atom. The van der Waals surface area contributed by atoms with E-state index in [1.54, 1.807) is 12.1 Å². The minimum absolute atomic E-state index is 0.00846. The predicted octanol–water partition coefficient (Wildman–Crippen LogP) is 4.29. The molecule has 0 bridgehead atoms. The van der Waals surface area contributed by atoms with E-state index < -0.39 is 0 Å². The van der Waals surface area contributed by atoms with Gasteiger partial charge in [-0.2, -0.15) is 0 Å². The van der Waals surface area contributed by atoms with E-state index in [-0.39, 0.29) is 30.6 Å². The molecule has 3 nitrogen and oxygen atoms in total. The van der Waals surface area contributed by atoms with E-state index in [9.17, 15) is 9.59 Å². The lowest BCUT2D eigenvalue weighted by molar-refractivity contribution is -0.121. The summed E-state index contributed by atoms with van der Waals surface area (Å²) in [5.74, 6) is -0.123. The first-order valence-electron chi connectivity index (χ1n) is 7.19. The van der Waals surface area contributed by atoms with Crippen molar-refractivity contribution in [2.75, 3.05) is 0 Å². The number of nitrogens with one attached hydrogen (secondary N) is 1. The smallest absolute Gasteiger partial charge is 0.220 e. The predicted molar refractivity (Wildman–Crippen MR) is 90.7 cm³/mol. The van der Waals surface area contributed by atoms with Crippen molar-refractivity contribution >= 4 is 27.6 Å². The van der Waals surface area contributed by atoms with Crippen LogP contribution < -0.4 is 5.32 Å². The van der Waals surface area contributed by atoms with Crippen molar-refractivity contribution in [3.05, 3.63) is 70.2 Å². The average molecular weight is 360 g/mol. The summed E-state index contributed by atoms with van der Waals surface area (Å²) in [6, 6.07) is 16.8. The van der Waals surface area contributed by atoms with Gasteiger partial charge in [-0.25, -0.2) is 0 Å². The molecule has 0 aliphatic carbocycles. The number of carbonyl (C=O) groups excluding carboxylic acids is 2. The van der Waals surface area contributed by atoms with Crippen LogP contribution in [0.1, 0.15) is 41.7 Å². The third kappa shape index (κ3) is 4.81. The molecule has 0 fully saturated rings. The number of Topliss-reactive ketones (excluding diaryl/α,β-unsaturated/α-hetero) is 1. The first-order valence-corrected chi connectivity index (χ1v) is 7.98. The van der Waals surface area contributed by atoms with Crippen molar-refractivity contribution < 1.29 is 9.59 Å². The summed E-state index contributed by atoms with van der Waals surface area (Å²) in [4.78, 5) is 23.9. The van der Waals surface area contributed by atoms with Crippen molar-refractivity contribution in [1.29, 1.82) is 0 Å². The fraction of sp³-hybridized carbons (Fsp3) is 0.222. The van der Waals surface area contributed by atoms with Gasteiger partial charge in [0.2, 0.25) is 5.91 Å². The fourth-order valence-electron chi connectivity index (χ4n) is 2.17. The molecule has 0 saturated heterocycles. The molecule has 1 unspecified atom stereocenters. The molecule has 0 radical (unpaired) electrons. The van der Waals surface area contributed by atoms with Gasteiger partial charge in [0.05, 0.1) is 6.04 Å². The van der Waals surface area contributed by atoms with Crippen LogP contribution in [0.2, 0.25) is 0 Å². The molecule has 1 N–H and O–H groups in total. The van der Waals surface area contributed by atoms with E-state index in [0.29, 0.717) is 5.56 Å². The molecular formula is C18H18BrNO2. The van der Waals surface area contributed by atoms with E-state index in [1.807, 2.05) is 49.4 Å². The first-order chi connectivity index (χ1) is 10.6. The maximum Gasteiger partial charge on any atom is 0.220 e. The minimum Gasteiger partial charge on any atom is -0.350 e. The zero-order chi connectivity index (χ0) is 15.9. The van der Waals surface area contributed by atoms with Crippen LogP contribution in [0.25, 0.3) is 0 Å². The molecular weight excluding hydrogens is 342 g/mol. The van der Waals surface area contributed by atoms with Crippen molar-refractivity contribution in [3.8, 4) is 0 Å². The fourth-order valence-corrected chi connectivity index (χ4v) is 2.59. The lowest BCUT2D eigenvalue weighted by Crippen LogP contribution is -2.26. The Bertz CT molecular complexity index is 655. The van der Waals surface area contributed by atoms with E-state index in [0.717, 1.165) is 10.0 Å². The van der Waals surface area contributed by atoms with Gasteiger partial charge in [0.1, 0.15) is 0 Å². The molecule has 0 aliphatic heterocycles. The van der Waals surface area contributed by atoms with E-state index >= 15 is 0 Å². The lowest BCUT2D eigenvalue weighted by Gasteiger charge is -2.14. The van der Waals surface area contributed by atoms with Gasteiger partial charge in [-0.05, 0) is 24.6 Å². The second-order valence-electron chi connectivity index (χ2n) is 5.13. The van der Waals surface area contributed by atoms with Gasteiger partial charge in [0, 0.05) is 22.9 Å². The molecule has 2 aromatic carbocycles. The summed E-state index contributed by atoms with van der Waals surface area (Å²) in [6.07, 6.45) is 0.424. The number of carbonyl (C=O) groups is 2.